The van der Waals surface area contributed by atoms with Crippen LogP contribution < -0.4 is 5.32 Å². The third-order valence-corrected chi connectivity index (χ3v) is 5.39. The molecule has 0 aliphatic heterocycles. The highest BCUT2D eigenvalue weighted by Crippen LogP contribution is 2.29. The second-order valence-electron chi connectivity index (χ2n) is 7.31. The van der Waals surface area contributed by atoms with Gasteiger partial charge in [0.2, 0.25) is 0 Å². The number of carbonyl (C=O) groups excluding carboxylic acids is 2. The Morgan fingerprint density at radius 1 is 1.22 bits per heavy atom. The summed E-state index contributed by atoms with van der Waals surface area (Å²) in [5.41, 5.74) is 1.42. The first-order valence-corrected chi connectivity index (χ1v) is 9.41. The van der Waals surface area contributed by atoms with Crippen LogP contribution in [0.1, 0.15) is 49.0 Å². The lowest BCUT2D eigenvalue weighted by Crippen LogP contribution is -2.45. The fourth-order valence-electron chi connectivity index (χ4n) is 3.50. The fraction of sp³-hybridized carbons (Fsp3) is 0.500. The van der Waals surface area contributed by atoms with Gasteiger partial charge in [-0.25, -0.2) is 14.5 Å². The van der Waals surface area contributed by atoms with E-state index in [9.17, 15) is 9.59 Å². The zero-order valence-corrected chi connectivity index (χ0v) is 15.8. The predicted octanol–water partition coefficient (Wildman–Crippen LogP) is 2.42. The highest BCUT2D eigenvalue weighted by atomic mass is 16.5. The van der Waals surface area contributed by atoms with E-state index < -0.39 is 5.97 Å². The molecule has 1 aromatic carbocycles. The van der Waals surface area contributed by atoms with Crippen molar-refractivity contribution in [3.8, 4) is 0 Å². The van der Waals surface area contributed by atoms with Crippen molar-refractivity contribution in [2.24, 2.45) is 11.8 Å². The summed E-state index contributed by atoms with van der Waals surface area (Å²) in [6, 6.07) is 7.22. The minimum absolute atomic E-state index is 0.163. The van der Waals surface area contributed by atoms with Crippen molar-refractivity contribution in [3.63, 3.8) is 0 Å². The van der Waals surface area contributed by atoms with E-state index in [1.54, 1.807) is 23.1 Å². The summed E-state index contributed by atoms with van der Waals surface area (Å²) < 4.78 is 6.86. The zero-order chi connectivity index (χ0) is 19.2. The number of hydrogen-bond acceptors (Lipinski definition) is 5. The Labute approximate surface area is 159 Å². The Balaban J connectivity index is 1.46. The third-order valence-electron chi connectivity index (χ3n) is 5.39. The van der Waals surface area contributed by atoms with E-state index in [4.69, 9.17) is 4.74 Å². The van der Waals surface area contributed by atoms with Crippen LogP contribution in [0.15, 0.2) is 36.9 Å². The van der Waals surface area contributed by atoms with Gasteiger partial charge in [-0.05, 0) is 36.0 Å². The standard InChI is InChI=1S/C20H26N4O3/c1-14-4-3-5-18(15(14)2)23-19(25)11-27-20(26)17-8-6-16(7-9-17)10-24-13-21-12-22-24/h6-9,12-15,18H,3-5,10-11H2,1-2H3,(H,23,25)/t14-,15-,18-/m1/s1. The predicted molar refractivity (Wildman–Crippen MR) is 100.0 cm³/mol. The van der Waals surface area contributed by atoms with Crippen LogP contribution in [0.2, 0.25) is 0 Å². The van der Waals surface area contributed by atoms with E-state index in [0.717, 1.165) is 18.4 Å². The van der Waals surface area contributed by atoms with Crippen LogP contribution in [-0.4, -0.2) is 39.3 Å². The molecule has 3 atom stereocenters. The van der Waals surface area contributed by atoms with Crippen LogP contribution in [0.5, 0.6) is 0 Å². The number of esters is 1. The fourth-order valence-corrected chi connectivity index (χ4v) is 3.50. The van der Waals surface area contributed by atoms with Crippen molar-refractivity contribution >= 4 is 11.9 Å². The molecule has 2 aromatic rings. The van der Waals surface area contributed by atoms with Gasteiger partial charge >= 0.3 is 5.97 Å². The monoisotopic (exact) mass is 370 g/mol. The molecule has 3 rings (SSSR count). The molecule has 144 valence electrons. The van der Waals surface area contributed by atoms with Crippen LogP contribution >= 0.6 is 0 Å². The second kappa shape index (κ2) is 8.79. The summed E-state index contributed by atoms with van der Waals surface area (Å²) >= 11 is 0. The SMILES string of the molecule is C[C@@H]1[C@H](C)CCC[C@H]1NC(=O)COC(=O)c1ccc(Cn2cncn2)cc1. The van der Waals surface area contributed by atoms with Crippen molar-refractivity contribution in [1.82, 2.24) is 20.1 Å². The molecule has 1 heterocycles. The largest absolute Gasteiger partial charge is 0.452 e. The van der Waals surface area contributed by atoms with E-state index in [-0.39, 0.29) is 18.6 Å². The third kappa shape index (κ3) is 5.15. The van der Waals surface area contributed by atoms with Gasteiger partial charge in [0, 0.05) is 6.04 Å². The molecule has 1 aliphatic rings. The molecular formula is C20H26N4O3. The Morgan fingerprint density at radius 2 is 2.00 bits per heavy atom. The molecule has 0 spiro atoms. The van der Waals surface area contributed by atoms with Crippen LogP contribution in [0.3, 0.4) is 0 Å². The maximum absolute atomic E-state index is 12.2. The van der Waals surface area contributed by atoms with Gasteiger partial charge in [-0.1, -0.05) is 38.8 Å². The number of aromatic nitrogens is 3. The van der Waals surface area contributed by atoms with Gasteiger partial charge in [0.05, 0.1) is 12.1 Å². The highest BCUT2D eigenvalue weighted by molar-refractivity contribution is 5.91. The minimum Gasteiger partial charge on any atom is -0.452 e. The number of rotatable bonds is 6. The number of nitrogens with one attached hydrogen (secondary N) is 1. The number of ether oxygens (including phenoxy) is 1. The van der Waals surface area contributed by atoms with Crippen molar-refractivity contribution in [3.05, 3.63) is 48.0 Å². The maximum atomic E-state index is 12.2. The molecule has 0 bridgehead atoms. The molecular weight excluding hydrogens is 344 g/mol. The van der Waals surface area contributed by atoms with Crippen molar-refractivity contribution < 1.29 is 14.3 Å². The minimum atomic E-state index is -0.498. The number of nitrogens with zero attached hydrogens (tertiary/aromatic N) is 3. The maximum Gasteiger partial charge on any atom is 0.338 e. The van der Waals surface area contributed by atoms with Gasteiger partial charge < -0.3 is 10.1 Å². The highest BCUT2D eigenvalue weighted by Gasteiger charge is 2.28. The first-order chi connectivity index (χ1) is 13.0. The van der Waals surface area contributed by atoms with Crippen molar-refractivity contribution in [2.75, 3.05) is 6.61 Å². The van der Waals surface area contributed by atoms with Crippen LogP contribution in [-0.2, 0) is 16.1 Å². The lowest BCUT2D eigenvalue weighted by Gasteiger charge is -2.34. The summed E-state index contributed by atoms with van der Waals surface area (Å²) in [6.07, 6.45) is 6.42. The Bertz CT molecular complexity index is 758. The molecule has 1 aliphatic carbocycles. The molecule has 0 unspecified atom stereocenters. The normalized spacial score (nSPS) is 22.2. The van der Waals surface area contributed by atoms with Gasteiger partial charge in [0.25, 0.3) is 5.91 Å². The molecule has 1 aromatic heterocycles. The topological polar surface area (TPSA) is 86.1 Å². The lowest BCUT2D eigenvalue weighted by atomic mass is 9.78. The number of carbonyl (C=O) groups is 2. The summed E-state index contributed by atoms with van der Waals surface area (Å²) in [7, 11) is 0. The zero-order valence-electron chi connectivity index (χ0n) is 15.8. The first kappa shape index (κ1) is 19.1. The lowest BCUT2D eigenvalue weighted by molar-refractivity contribution is -0.125. The van der Waals surface area contributed by atoms with E-state index in [1.807, 2.05) is 12.1 Å². The Kier molecular flexibility index (Phi) is 6.21. The number of hydrogen-bond donors (Lipinski definition) is 1. The number of benzene rings is 1. The van der Waals surface area contributed by atoms with Gasteiger partial charge in [0.1, 0.15) is 12.7 Å². The second-order valence-corrected chi connectivity index (χ2v) is 7.31. The van der Waals surface area contributed by atoms with Gasteiger partial charge in [0.15, 0.2) is 6.61 Å². The van der Waals surface area contributed by atoms with E-state index in [0.29, 0.717) is 23.9 Å². The van der Waals surface area contributed by atoms with Crippen LogP contribution in [0.4, 0.5) is 0 Å². The summed E-state index contributed by atoms with van der Waals surface area (Å²) in [5, 5.41) is 7.05. The summed E-state index contributed by atoms with van der Waals surface area (Å²) in [5.74, 6) is 0.304. The summed E-state index contributed by atoms with van der Waals surface area (Å²) in [6.45, 7) is 4.71. The smallest absolute Gasteiger partial charge is 0.338 e. The van der Waals surface area contributed by atoms with Gasteiger partial charge in [-0.3, -0.25) is 4.79 Å². The number of amides is 1. The first-order valence-electron chi connectivity index (χ1n) is 9.41. The molecule has 1 saturated carbocycles. The average Bonchev–Trinajstić information content (AvgIpc) is 3.17. The molecule has 1 amide bonds. The molecule has 1 N–H and O–H groups in total. The molecule has 1 fully saturated rings. The van der Waals surface area contributed by atoms with Crippen molar-refractivity contribution in [2.45, 2.75) is 45.7 Å². The van der Waals surface area contributed by atoms with E-state index >= 15 is 0 Å². The van der Waals surface area contributed by atoms with Gasteiger partial charge in [-0.2, -0.15) is 5.10 Å². The van der Waals surface area contributed by atoms with Crippen LogP contribution in [0, 0.1) is 11.8 Å². The quantitative estimate of drug-likeness (QED) is 0.789. The summed E-state index contributed by atoms with van der Waals surface area (Å²) in [4.78, 5) is 28.2. The van der Waals surface area contributed by atoms with Crippen LogP contribution in [0.25, 0.3) is 0 Å². The molecule has 7 heteroatoms. The van der Waals surface area contributed by atoms with Crippen molar-refractivity contribution in [1.29, 1.82) is 0 Å². The Hall–Kier alpha value is -2.70. The van der Waals surface area contributed by atoms with Gasteiger partial charge in [-0.15, -0.1) is 0 Å². The Morgan fingerprint density at radius 3 is 2.70 bits per heavy atom. The molecule has 0 radical (unpaired) electrons. The molecule has 27 heavy (non-hydrogen) atoms. The van der Waals surface area contributed by atoms with E-state index in [2.05, 4.69) is 29.2 Å². The average molecular weight is 370 g/mol. The molecule has 7 nitrogen and oxygen atoms in total. The van der Waals surface area contributed by atoms with E-state index in [1.165, 1.54) is 12.7 Å². The molecule has 0 saturated heterocycles.